The van der Waals surface area contributed by atoms with E-state index in [2.05, 4.69) is 16.1 Å². The Labute approximate surface area is 102 Å². The molecule has 0 aromatic heterocycles. The van der Waals surface area contributed by atoms with Crippen LogP contribution in [-0.2, 0) is 4.79 Å². The van der Waals surface area contributed by atoms with Crippen LogP contribution < -0.4 is 20.4 Å². The highest BCUT2D eigenvalue weighted by Crippen LogP contribution is 2.32. The molecule has 2 aliphatic rings. The van der Waals surface area contributed by atoms with Gasteiger partial charge in [0.1, 0.15) is 6.54 Å². The fourth-order valence-electron chi connectivity index (χ4n) is 1.67. The predicted octanol–water partition coefficient (Wildman–Crippen LogP) is -0.514. The first-order chi connectivity index (χ1) is 8.72. The second kappa shape index (κ2) is 4.08. The van der Waals surface area contributed by atoms with Crippen molar-refractivity contribution in [2.24, 2.45) is 5.10 Å². The molecule has 0 bridgehead atoms. The Bertz CT molecular complexity index is 531. The Hall–Kier alpha value is -2.48. The number of benzene rings is 1. The summed E-state index contributed by atoms with van der Waals surface area (Å²) in [5.74, 6) is 0.896. The molecule has 94 valence electrons. The molecule has 8 nitrogen and oxygen atoms in total. The molecule has 1 aromatic carbocycles. The zero-order chi connectivity index (χ0) is 12.5. The first-order valence-corrected chi connectivity index (χ1v) is 5.22. The summed E-state index contributed by atoms with van der Waals surface area (Å²) < 4.78 is 10.5. The molecule has 3 N–H and O–H groups in total. The number of hydrazine groups is 2. The van der Waals surface area contributed by atoms with Gasteiger partial charge in [-0.05, 0) is 18.2 Å². The molecular formula is C10H10N4O4. The number of hydrazone groups is 1. The normalized spacial score (nSPS) is 17.0. The van der Waals surface area contributed by atoms with E-state index in [0.717, 1.165) is 5.56 Å². The monoisotopic (exact) mass is 250 g/mol. The van der Waals surface area contributed by atoms with Gasteiger partial charge in [0.15, 0.2) is 17.3 Å². The van der Waals surface area contributed by atoms with Gasteiger partial charge in [0.05, 0.1) is 0 Å². The number of carbonyl (C=O) groups is 1. The molecule has 0 aliphatic carbocycles. The van der Waals surface area contributed by atoms with Crippen molar-refractivity contribution in [3.63, 3.8) is 0 Å². The van der Waals surface area contributed by atoms with Gasteiger partial charge >= 0.3 is 5.97 Å². The van der Waals surface area contributed by atoms with Gasteiger partial charge in [0, 0.05) is 5.56 Å². The summed E-state index contributed by atoms with van der Waals surface area (Å²) in [4.78, 5) is 10.5. The smallest absolute Gasteiger partial charge is 0.321 e. The summed E-state index contributed by atoms with van der Waals surface area (Å²) >= 11 is 0. The maximum absolute atomic E-state index is 10.5. The quantitative estimate of drug-likeness (QED) is 0.664. The minimum absolute atomic E-state index is 0.210. The Morgan fingerprint density at radius 3 is 3.11 bits per heavy atom. The molecule has 0 atom stereocenters. The average molecular weight is 250 g/mol. The van der Waals surface area contributed by atoms with Crippen LogP contribution in [0.4, 0.5) is 0 Å². The van der Waals surface area contributed by atoms with E-state index >= 15 is 0 Å². The summed E-state index contributed by atoms with van der Waals surface area (Å²) in [6.45, 7) is -0.000365. The number of hydrogen-bond acceptors (Lipinski definition) is 7. The lowest BCUT2D eigenvalue weighted by Gasteiger charge is -2.12. The molecule has 0 saturated carbocycles. The summed E-state index contributed by atoms with van der Waals surface area (Å²) in [7, 11) is 0. The highest BCUT2D eigenvalue weighted by atomic mass is 16.7. The first-order valence-electron chi connectivity index (χ1n) is 5.22. The summed E-state index contributed by atoms with van der Waals surface area (Å²) in [6.07, 6.45) is 0. The van der Waals surface area contributed by atoms with E-state index in [4.69, 9.17) is 14.6 Å². The van der Waals surface area contributed by atoms with Gasteiger partial charge in [-0.1, -0.05) is 0 Å². The number of carboxylic acids is 1. The zero-order valence-electron chi connectivity index (χ0n) is 9.21. The third-order valence-corrected chi connectivity index (χ3v) is 2.46. The van der Waals surface area contributed by atoms with Crippen molar-refractivity contribution in [1.29, 1.82) is 0 Å². The van der Waals surface area contributed by atoms with Crippen LogP contribution in [0.25, 0.3) is 0 Å². The summed E-state index contributed by atoms with van der Waals surface area (Å²) in [5, 5.41) is 13.9. The number of fused-ring (bicyclic) bond motifs is 1. The van der Waals surface area contributed by atoms with Crippen molar-refractivity contribution >= 4 is 11.8 Å². The minimum atomic E-state index is -0.961. The Kier molecular flexibility index (Phi) is 2.41. The van der Waals surface area contributed by atoms with E-state index in [9.17, 15) is 4.79 Å². The van der Waals surface area contributed by atoms with E-state index in [-0.39, 0.29) is 13.3 Å². The molecule has 0 amide bonds. The van der Waals surface area contributed by atoms with Crippen molar-refractivity contribution in [3.05, 3.63) is 23.8 Å². The lowest BCUT2D eigenvalue weighted by molar-refractivity contribution is -0.139. The molecular weight excluding hydrogens is 240 g/mol. The Morgan fingerprint density at radius 1 is 1.44 bits per heavy atom. The third-order valence-electron chi connectivity index (χ3n) is 2.46. The SMILES string of the molecule is O=C(O)CN1NN=C(c2ccc3c(c2)OCO3)N1. The van der Waals surface area contributed by atoms with Crippen LogP contribution in [0.2, 0.25) is 0 Å². The predicted molar refractivity (Wildman–Crippen MR) is 59.7 cm³/mol. The third kappa shape index (κ3) is 1.89. The lowest BCUT2D eigenvalue weighted by Crippen LogP contribution is -2.44. The number of nitrogens with zero attached hydrogens (tertiary/aromatic N) is 2. The number of nitrogens with one attached hydrogen (secondary N) is 2. The van der Waals surface area contributed by atoms with Crippen LogP contribution in [0.15, 0.2) is 23.3 Å². The molecule has 3 rings (SSSR count). The van der Waals surface area contributed by atoms with Crippen LogP contribution in [0.1, 0.15) is 5.56 Å². The van der Waals surface area contributed by atoms with Crippen LogP contribution in [0, 0.1) is 0 Å². The average Bonchev–Trinajstić information content (AvgIpc) is 2.95. The Balaban J connectivity index is 1.75. The van der Waals surface area contributed by atoms with Gasteiger partial charge in [-0.25, -0.2) is 5.53 Å². The number of rotatable bonds is 3. The molecule has 0 radical (unpaired) electrons. The summed E-state index contributed by atoms with van der Waals surface area (Å²) in [5.41, 5.74) is 6.16. The Morgan fingerprint density at radius 2 is 2.28 bits per heavy atom. The van der Waals surface area contributed by atoms with Crippen molar-refractivity contribution in [2.75, 3.05) is 13.3 Å². The van der Waals surface area contributed by atoms with Gasteiger partial charge in [0.2, 0.25) is 6.79 Å². The van der Waals surface area contributed by atoms with Gasteiger partial charge in [0.25, 0.3) is 0 Å². The summed E-state index contributed by atoms with van der Waals surface area (Å²) in [6, 6.07) is 5.37. The van der Waals surface area contributed by atoms with Gasteiger partial charge in [-0.2, -0.15) is 0 Å². The fraction of sp³-hybridized carbons (Fsp3) is 0.200. The molecule has 2 aliphatic heterocycles. The van der Waals surface area contributed by atoms with E-state index in [1.165, 1.54) is 5.12 Å². The number of carboxylic acid groups (broad SMARTS) is 1. The highest BCUT2D eigenvalue weighted by molar-refractivity contribution is 5.99. The number of ether oxygens (including phenoxy) is 2. The first kappa shape index (κ1) is 10.7. The molecule has 18 heavy (non-hydrogen) atoms. The van der Waals surface area contributed by atoms with Crippen molar-refractivity contribution in [3.8, 4) is 11.5 Å². The second-order valence-corrected chi connectivity index (χ2v) is 3.72. The molecule has 8 heteroatoms. The molecule has 0 unspecified atom stereocenters. The van der Waals surface area contributed by atoms with Crippen LogP contribution in [0.3, 0.4) is 0 Å². The van der Waals surface area contributed by atoms with Crippen molar-refractivity contribution in [2.45, 2.75) is 0 Å². The maximum atomic E-state index is 10.5. The van der Waals surface area contributed by atoms with Crippen molar-refractivity contribution in [1.82, 2.24) is 16.1 Å². The van der Waals surface area contributed by atoms with E-state index in [0.29, 0.717) is 17.3 Å². The van der Waals surface area contributed by atoms with Crippen LogP contribution in [-0.4, -0.2) is 35.4 Å². The molecule has 2 heterocycles. The van der Waals surface area contributed by atoms with E-state index in [1.54, 1.807) is 12.1 Å². The maximum Gasteiger partial charge on any atom is 0.321 e. The minimum Gasteiger partial charge on any atom is -0.480 e. The standard InChI is InChI=1S/C10H10N4O4/c15-9(16)4-14-12-10(11-13-14)6-1-2-7-8(3-6)18-5-17-7/h1-3,13H,4-5H2,(H,11,12)(H,15,16). The van der Waals surface area contributed by atoms with E-state index in [1.807, 2.05) is 6.07 Å². The molecule has 0 saturated heterocycles. The van der Waals surface area contributed by atoms with Crippen molar-refractivity contribution < 1.29 is 19.4 Å². The fourth-order valence-corrected chi connectivity index (χ4v) is 1.67. The molecule has 1 aromatic rings. The van der Waals surface area contributed by atoms with Crippen LogP contribution in [0.5, 0.6) is 11.5 Å². The largest absolute Gasteiger partial charge is 0.480 e. The number of amidine groups is 1. The lowest BCUT2D eigenvalue weighted by atomic mass is 10.2. The van der Waals surface area contributed by atoms with Gasteiger partial charge in [-0.15, -0.1) is 10.2 Å². The van der Waals surface area contributed by atoms with Gasteiger partial charge in [-0.3, -0.25) is 10.2 Å². The topological polar surface area (TPSA) is 95.4 Å². The van der Waals surface area contributed by atoms with E-state index < -0.39 is 5.97 Å². The zero-order valence-corrected chi connectivity index (χ0v) is 9.21. The second-order valence-electron chi connectivity index (χ2n) is 3.72. The molecule has 0 spiro atoms. The van der Waals surface area contributed by atoms with Crippen LogP contribution >= 0.6 is 0 Å². The highest BCUT2D eigenvalue weighted by Gasteiger charge is 2.21. The molecule has 0 fully saturated rings. The van der Waals surface area contributed by atoms with Gasteiger partial charge < -0.3 is 14.6 Å². The number of hydrogen-bond donors (Lipinski definition) is 3. The number of aliphatic carboxylic acids is 1.